The van der Waals surface area contributed by atoms with Gasteiger partial charge in [0, 0.05) is 11.8 Å². The van der Waals surface area contributed by atoms with Crippen LogP contribution < -0.4 is 10.5 Å². The second-order valence-corrected chi connectivity index (χ2v) is 4.39. The van der Waals surface area contributed by atoms with Gasteiger partial charge in [0.1, 0.15) is 12.4 Å². The third-order valence-corrected chi connectivity index (χ3v) is 2.88. The minimum atomic E-state index is -0.460. The molecule has 21 heavy (non-hydrogen) atoms. The number of carbonyl (C=O) groups is 1. The summed E-state index contributed by atoms with van der Waals surface area (Å²) in [5.41, 5.74) is 7.21. The summed E-state index contributed by atoms with van der Waals surface area (Å²) in [6.45, 7) is 4.70. The minimum absolute atomic E-state index is 0.237. The average Bonchev–Trinajstić information content (AvgIpc) is 2.81. The Hall–Kier alpha value is -2.57. The highest BCUT2D eigenvalue weighted by Crippen LogP contribution is 2.14. The zero-order valence-corrected chi connectivity index (χ0v) is 12.1. The molecule has 7 nitrogen and oxygen atoms in total. The van der Waals surface area contributed by atoms with Crippen LogP contribution in [-0.2, 0) is 11.3 Å². The molecule has 2 aromatic rings. The van der Waals surface area contributed by atoms with Gasteiger partial charge in [-0.3, -0.25) is 0 Å². The monoisotopic (exact) mass is 290 g/mol. The molecule has 0 aliphatic carbocycles. The SMILES string of the molecule is CCOC(=O)c1nnn(CCOc2cccc(N)c2)c1C. The molecule has 0 amide bonds. The molecular formula is C14H18N4O3. The number of nitrogen functional groups attached to an aromatic ring is 1. The number of rotatable bonds is 6. The number of anilines is 1. The number of carbonyl (C=O) groups excluding carboxylic acids is 1. The lowest BCUT2D eigenvalue weighted by molar-refractivity contribution is 0.0518. The van der Waals surface area contributed by atoms with E-state index in [1.807, 2.05) is 12.1 Å². The normalized spacial score (nSPS) is 10.4. The summed E-state index contributed by atoms with van der Waals surface area (Å²) < 4.78 is 12.1. The van der Waals surface area contributed by atoms with Crippen LogP contribution in [0.3, 0.4) is 0 Å². The lowest BCUT2D eigenvalue weighted by atomic mass is 10.3. The van der Waals surface area contributed by atoms with Gasteiger partial charge in [-0.05, 0) is 26.0 Å². The number of nitrogens with two attached hydrogens (primary N) is 1. The van der Waals surface area contributed by atoms with Gasteiger partial charge in [-0.15, -0.1) is 5.10 Å². The van der Waals surface area contributed by atoms with Crippen molar-refractivity contribution in [2.24, 2.45) is 0 Å². The molecular weight excluding hydrogens is 272 g/mol. The van der Waals surface area contributed by atoms with Gasteiger partial charge in [0.15, 0.2) is 5.69 Å². The van der Waals surface area contributed by atoms with Gasteiger partial charge in [-0.2, -0.15) is 0 Å². The Kier molecular flexibility index (Phi) is 4.76. The van der Waals surface area contributed by atoms with Crippen LogP contribution in [0.4, 0.5) is 5.69 Å². The molecule has 112 valence electrons. The van der Waals surface area contributed by atoms with Gasteiger partial charge in [-0.25, -0.2) is 9.48 Å². The number of hydrogen-bond acceptors (Lipinski definition) is 6. The lowest BCUT2D eigenvalue weighted by Gasteiger charge is -2.07. The van der Waals surface area contributed by atoms with Crippen LogP contribution in [-0.4, -0.2) is 34.2 Å². The van der Waals surface area contributed by atoms with E-state index in [4.69, 9.17) is 15.2 Å². The zero-order chi connectivity index (χ0) is 15.2. The molecule has 0 aliphatic rings. The van der Waals surface area contributed by atoms with E-state index in [0.717, 1.165) is 0 Å². The predicted molar refractivity (Wildman–Crippen MR) is 77.1 cm³/mol. The molecule has 0 fully saturated rings. The molecule has 2 N–H and O–H groups in total. The van der Waals surface area contributed by atoms with Crippen molar-refractivity contribution in [2.75, 3.05) is 18.9 Å². The zero-order valence-electron chi connectivity index (χ0n) is 12.1. The molecule has 0 aliphatic heterocycles. The van der Waals surface area contributed by atoms with E-state index in [2.05, 4.69) is 10.3 Å². The quantitative estimate of drug-likeness (QED) is 0.639. The Morgan fingerprint density at radius 2 is 2.24 bits per heavy atom. The van der Waals surface area contributed by atoms with Gasteiger partial charge >= 0.3 is 5.97 Å². The largest absolute Gasteiger partial charge is 0.492 e. The van der Waals surface area contributed by atoms with E-state index in [1.54, 1.807) is 30.7 Å². The molecule has 0 saturated heterocycles. The molecule has 0 bridgehead atoms. The summed E-state index contributed by atoms with van der Waals surface area (Å²) >= 11 is 0. The number of ether oxygens (including phenoxy) is 2. The van der Waals surface area contributed by atoms with E-state index in [1.165, 1.54) is 0 Å². The summed E-state index contributed by atoms with van der Waals surface area (Å²) in [6.07, 6.45) is 0. The second-order valence-electron chi connectivity index (χ2n) is 4.39. The maximum absolute atomic E-state index is 11.6. The van der Waals surface area contributed by atoms with E-state index in [-0.39, 0.29) is 5.69 Å². The maximum Gasteiger partial charge on any atom is 0.360 e. The van der Waals surface area contributed by atoms with E-state index >= 15 is 0 Å². The summed E-state index contributed by atoms with van der Waals surface area (Å²) in [6, 6.07) is 7.19. The first-order chi connectivity index (χ1) is 10.1. The second kappa shape index (κ2) is 6.74. The van der Waals surface area contributed by atoms with Crippen LogP contribution >= 0.6 is 0 Å². The number of benzene rings is 1. The van der Waals surface area contributed by atoms with Crippen LogP contribution in [0.15, 0.2) is 24.3 Å². The highest BCUT2D eigenvalue weighted by molar-refractivity contribution is 5.88. The number of aromatic nitrogens is 3. The fourth-order valence-electron chi connectivity index (χ4n) is 1.82. The van der Waals surface area contributed by atoms with Gasteiger partial charge in [0.2, 0.25) is 0 Å². The van der Waals surface area contributed by atoms with Crippen molar-refractivity contribution in [3.05, 3.63) is 35.7 Å². The van der Waals surface area contributed by atoms with Gasteiger partial charge in [-0.1, -0.05) is 11.3 Å². The van der Waals surface area contributed by atoms with Crippen molar-refractivity contribution in [1.29, 1.82) is 0 Å². The Labute approximate surface area is 122 Å². The molecule has 2 rings (SSSR count). The van der Waals surface area contributed by atoms with Crippen LogP contribution in [0.5, 0.6) is 5.75 Å². The molecule has 0 unspecified atom stereocenters. The first-order valence-electron chi connectivity index (χ1n) is 6.67. The molecule has 1 heterocycles. The van der Waals surface area contributed by atoms with Crippen molar-refractivity contribution in [1.82, 2.24) is 15.0 Å². The molecule has 1 aromatic carbocycles. The summed E-state index contributed by atoms with van der Waals surface area (Å²) in [4.78, 5) is 11.6. The molecule has 0 radical (unpaired) electrons. The Morgan fingerprint density at radius 3 is 2.95 bits per heavy atom. The fraction of sp³-hybridized carbons (Fsp3) is 0.357. The third-order valence-electron chi connectivity index (χ3n) is 2.88. The first-order valence-corrected chi connectivity index (χ1v) is 6.67. The maximum atomic E-state index is 11.6. The summed E-state index contributed by atoms with van der Waals surface area (Å²) in [5.74, 6) is 0.233. The van der Waals surface area contributed by atoms with Crippen molar-refractivity contribution in [3.63, 3.8) is 0 Å². The topological polar surface area (TPSA) is 92.3 Å². The standard InChI is InChI=1S/C14H18N4O3/c1-3-20-14(19)13-10(2)18(17-16-13)7-8-21-12-6-4-5-11(15)9-12/h4-6,9H,3,7-8,15H2,1-2H3. The summed E-state index contributed by atoms with van der Waals surface area (Å²) in [5, 5.41) is 7.77. The predicted octanol–water partition coefficient (Wildman–Crippen LogP) is 1.42. The van der Waals surface area contributed by atoms with Crippen LogP contribution in [0, 0.1) is 6.92 Å². The highest BCUT2D eigenvalue weighted by Gasteiger charge is 2.17. The molecule has 7 heteroatoms. The smallest absolute Gasteiger partial charge is 0.360 e. The molecule has 0 atom stereocenters. The van der Waals surface area contributed by atoms with Crippen molar-refractivity contribution in [2.45, 2.75) is 20.4 Å². The van der Waals surface area contributed by atoms with Crippen molar-refractivity contribution in [3.8, 4) is 5.75 Å². The van der Waals surface area contributed by atoms with Crippen LogP contribution in [0.2, 0.25) is 0 Å². The Bertz CT molecular complexity index is 624. The first kappa shape index (κ1) is 14.8. The molecule has 0 saturated carbocycles. The third kappa shape index (κ3) is 3.71. The number of esters is 1. The molecule has 1 aromatic heterocycles. The summed E-state index contributed by atoms with van der Waals surface area (Å²) in [7, 11) is 0. The number of nitrogens with zero attached hydrogens (tertiary/aromatic N) is 3. The van der Waals surface area contributed by atoms with Gasteiger partial charge < -0.3 is 15.2 Å². The van der Waals surface area contributed by atoms with Gasteiger partial charge in [0.25, 0.3) is 0 Å². The highest BCUT2D eigenvalue weighted by atomic mass is 16.5. The van der Waals surface area contributed by atoms with Crippen LogP contribution in [0.1, 0.15) is 23.1 Å². The van der Waals surface area contributed by atoms with E-state index in [0.29, 0.717) is 36.9 Å². The minimum Gasteiger partial charge on any atom is -0.492 e. The average molecular weight is 290 g/mol. The molecule has 0 spiro atoms. The lowest BCUT2D eigenvalue weighted by Crippen LogP contribution is -2.12. The van der Waals surface area contributed by atoms with Crippen molar-refractivity contribution >= 4 is 11.7 Å². The van der Waals surface area contributed by atoms with E-state index < -0.39 is 5.97 Å². The van der Waals surface area contributed by atoms with Crippen LogP contribution in [0.25, 0.3) is 0 Å². The van der Waals surface area contributed by atoms with E-state index in [9.17, 15) is 4.79 Å². The Balaban J connectivity index is 1.93. The fourth-order valence-corrected chi connectivity index (χ4v) is 1.82. The number of hydrogen-bond donors (Lipinski definition) is 1. The van der Waals surface area contributed by atoms with Crippen molar-refractivity contribution < 1.29 is 14.3 Å². The van der Waals surface area contributed by atoms with Gasteiger partial charge in [0.05, 0.1) is 18.8 Å². The Morgan fingerprint density at radius 1 is 1.43 bits per heavy atom.